The number of hydrogen-bond acceptors (Lipinski definition) is 3. The van der Waals surface area contributed by atoms with E-state index in [1.54, 1.807) is 24.3 Å². The first-order valence-corrected chi connectivity index (χ1v) is 6.39. The van der Waals surface area contributed by atoms with Crippen LogP contribution in [0.15, 0.2) is 41.0 Å². The van der Waals surface area contributed by atoms with Crippen LogP contribution in [0.1, 0.15) is 10.5 Å². The Morgan fingerprint density at radius 2 is 2.10 bits per heavy atom. The summed E-state index contributed by atoms with van der Waals surface area (Å²) in [5.74, 6) is -1.58. The van der Waals surface area contributed by atoms with Crippen molar-refractivity contribution in [2.24, 2.45) is 0 Å². The second kappa shape index (κ2) is 4.68. The Kier molecular flexibility index (Phi) is 2.98. The number of halogens is 2. The number of fused-ring (bicyclic) bond motifs is 1. The molecule has 0 unspecified atom stereocenters. The standard InChI is InChI=1S/C13H7BrFN3O2/c14-7-1-2-9(15)8(5-7)10-3-4-12-16-6-11(13(19)20)18(12)17-10/h1-6H,(H,19,20). The summed E-state index contributed by atoms with van der Waals surface area (Å²) in [4.78, 5) is 15.0. The zero-order valence-electron chi connectivity index (χ0n) is 9.92. The number of benzene rings is 1. The molecule has 0 aliphatic carbocycles. The number of aromatic carboxylic acids is 1. The maximum absolute atomic E-state index is 13.8. The molecule has 0 atom stereocenters. The molecule has 1 N–H and O–H groups in total. The number of rotatable bonds is 2. The van der Waals surface area contributed by atoms with Gasteiger partial charge in [0.15, 0.2) is 11.3 Å². The Morgan fingerprint density at radius 3 is 2.85 bits per heavy atom. The fraction of sp³-hybridized carbons (Fsp3) is 0. The van der Waals surface area contributed by atoms with Gasteiger partial charge < -0.3 is 5.11 Å². The molecule has 2 heterocycles. The fourth-order valence-electron chi connectivity index (χ4n) is 1.86. The molecule has 0 saturated heterocycles. The highest BCUT2D eigenvalue weighted by molar-refractivity contribution is 9.10. The van der Waals surface area contributed by atoms with Crippen LogP contribution in [0.25, 0.3) is 16.9 Å². The zero-order valence-corrected chi connectivity index (χ0v) is 11.5. The quantitative estimate of drug-likeness (QED) is 0.781. The summed E-state index contributed by atoms with van der Waals surface area (Å²) < 4.78 is 15.7. The lowest BCUT2D eigenvalue weighted by molar-refractivity contribution is 0.0688. The van der Waals surface area contributed by atoms with Gasteiger partial charge in [0.05, 0.1) is 11.9 Å². The summed E-state index contributed by atoms with van der Waals surface area (Å²) in [5, 5.41) is 13.2. The van der Waals surface area contributed by atoms with Crippen LogP contribution in [0, 0.1) is 5.82 Å². The molecule has 0 amide bonds. The maximum atomic E-state index is 13.8. The van der Waals surface area contributed by atoms with Gasteiger partial charge in [0, 0.05) is 10.0 Å². The van der Waals surface area contributed by atoms with E-state index in [4.69, 9.17) is 5.11 Å². The number of imidazole rings is 1. The molecule has 0 saturated carbocycles. The third-order valence-corrected chi connectivity index (χ3v) is 3.28. The van der Waals surface area contributed by atoms with E-state index in [1.165, 1.54) is 16.8 Å². The van der Waals surface area contributed by atoms with Crippen molar-refractivity contribution in [1.29, 1.82) is 0 Å². The van der Waals surface area contributed by atoms with E-state index in [-0.39, 0.29) is 11.3 Å². The molecular formula is C13H7BrFN3O2. The molecule has 7 heteroatoms. The molecule has 20 heavy (non-hydrogen) atoms. The number of carbonyl (C=O) groups is 1. The Labute approximate surface area is 120 Å². The number of carboxylic acid groups (broad SMARTS) is 1. The summed E-state index contributed by atoms with van der Waals surface area (Å²) in [6, 6.07) is 7.67. The van der Waals surface area contributed by atoms with Gasteiger partial charge in [0.25, 0.3) is 0 Å². The van der Waals surface area contributed by atoms with Crippen molar-refractivity contribution in [3.8, 4) is 11.3 Å². The topological polar surface area (TPSA) is 67.5 Å². The van der Waals surface area contributed by atoms with E-state index in [2.05, 4.69) is 26.0 Å². The number of nitrogens with zero attached hydrogens (tertiary/aromatic N) is 3. The third-order valence-electron chi connectivity index (χ3n) is 2.79. The molecule has 3 rings (SSSR count). The average molecular weight is 336 g/mol. The van der Waals surface area contributed by atoms with Gasteiger partial charge in [0.2, 0.25) is 0 Å². The lowest BCUT2D eigenvalue weighted by Crippen LogP contribution is -2.05. The van der Waals surface area contributed by atoms with Crippen LogP contribution in [0.5, 0.6) is 0 Å². The molecule has 0 aliphatic rings. The highest BCUT2D eigenvalue weighted by atomic mass is 79.9. The van der Waals surface area contributed by atoms with Crippen molar-refractivity contribution in [1.82, 2.24) is 14.6 Å². The highest BCUT2D eigenvalue weighted by Crippen LogP contribution is 2.25. The fourth-order valence-corrected chi connectivity index (χ4v) is 2.22. The van der Waals surface area contributed by atoms with Crippen LogP contribution >= 0.6 is 15.9 Å². The molecular weight excluding hydrogens is 329 g/mol. The smallest absolute Gasteiger partial charge is 0.356 e. The van der Waals surface area contributed by atoms with Gasteiger partial charge in [-0.1, -0.05) is 15.9 Å². The predicted octanol–water partition coefficient (Wildman–Crippen LogP) is 3.00. The van der Waals surface area contributed by atoms with Gasteiger partial charge in [-0.3, -0.25) is 0 Å². The van der Waals surface area contributed by atoms with E-state index in [0.717, 1.165) is 0 Å². The van der Waals surface area contributed by atoms with Gasteiger partial charge in [-0.2, -0.15) is 5.10 Å². The first-order chi connectivity index (χ1) is 9.56. The minimum atomic E-state index is -1.14. The first kappa shape index (κ1) is 12.7. The average Bonchev–Trinajstić information content (AvgIpc) is 2.84. The summed E-state index contributed by atoms with van der Waals surface area (Å²) >= 11 is 3.27. The lowest BCUT2D eigenvalue weighted by atomic mass is 10.1. The SMILES string of the molecule is O=C(O)c1cnc2ccc(-c3cc(Br)ccc3F)nn12. The number of aromatic nitrogens is 3. The van der Waals surface area contributed by atoms with Crippen LogP contribution in [0.3, 0.4) is 0 Å². The first-order valence-electron chi connectivity index (χ1n) is 5.60. The number of hydrogen-bond donors (Lipinski definition) is 1. The lowest BCUT2D eigenvalue weighted by Gasteiger charge is -2.04. The van der Waals surface area contributed by atoms with E-state index in [9.17, 15) is 9.18 Å². The van der Waals surface area contributed by atoms with Crippen LogP contribution in [-0.4, -0.2) is 25.7 Å². The van der Waals surface area contributed by atoms with E-state index < -0.39 is 11.8 Å². The largest absolute Gasteiger partial charge is 0.476 e. The van der Waals surface area contributed by atoms with Crippen LogP contribution in [0.2, 0.25) is 0 Å². The third kappa shape index (κ3) is 2.05. The summed E-state index contributed by atoms with van der Waals surface area (Å²) in [5.41, 5.74) is 0.932. The summed E-state index contributed by atoms with van der Waals surface area (Å²) in [6.45, 7) is 0. The zero-order chi connectivity index (χ0) is 14.3. The summed E-state index contributed by atoms with van der Waals surface area (Å²) in [7, 11) is 0. The second-order valence-electron chi connectivity index (χ2n) is 4.06. The Morgan fingerprint density at radius 1 is 1.30 bits per heavy atom. The maximum Gasteiger partial charge on any atom is 0.356 e. The van der Waals surface area contributed by atoms with Crippen molar-refractivity contribution in [2.75, 3.05) is 0 Å². The van der Waals surface area contributed by atoms with E-state index >= 15 is 0 Å². The molecule has 3 aromatic rings. The molecule has 5 nitrogen and oxygen atoms in total. The monoisotopic (exact) mass is 335 g/mol. The second-order valence-corrected chi connectivity index (χ2v) is 4.98. The van der Waals surface area contributed by atoms with Gasteiger partial charge in [0.1, 0.15) is 5.82 Å². The highest BCUT2D eigenvalue weighted by Gasteiger charge is 2.14. The minimum Gasteiger partial charge on any atom is -0.476 e. The van der Waals surface area contributed by atoms with Crippen molar-refractivity contribution in [3.63, 3.8) is 0 Å². The van der Waals surface area contributed by atoms with Crippen molar-refractivity contribution >= 4 is 27.5 Å². The van der Waals surface area contributed by atoms with Crippen LogP contribution in [0.4, 0.5) is 4.39 Å². The number of carboxylic acids is 1. The Bertz CT molecular complexity index is 832. The molecule has 0 fully saturated rings. The molecule has 1 aromatic carbocycles. The molecule has 0 spiro atoms. The molecule has 2 aromatic heterocycles. The predicted molar refractivity (Wildman–Crippen MR) is 73.0 cm³/mol. The van der Waals surface area contributed by atoms with E-state index in [0.29, 0.717) is 15.8 Å². The Balaban J connectivity index is 2.24. The van der Waals surface area contributed by atoms with Crippen LogP contribution in [-0.2, 0) is 0 Å². The van der Waals surface area contributed by atoms with E-state index in [1.807, 2.05) is 0 Å². The van der Waals surface area contributed by atoms with Gasteiger partial charge in [-0.05, 0) is 30.3 Å². The van der Waals surface area contributed by atoms with Crippen molar-refractivity contribution in [3.05, 3.63) is 52.5 Å². The molecule has 100 valence electrons. The normalized spacial score (nSPS) is 10.9. The van der Waals surface area contributed by atoms with Crippen LogP contribution < -0.4 is 0 Å². The minimum absolute atomic E-state index is 0.0720. The van der Waals surface area contributed by atoms with Gasteiger partial charge >= 0.3 is 5.97 Å². The molecule has 0 radical (unpaired) electrons. The Hall–Kier alpha value is -2.28. The van der Waals surface area contributed by atoms with Crippen molar-refractivity contribution in [2.45, 2.75) is 0 Å². The summed E-state index contributed by atoms with van der Waals surface area (Å²) in [6.07, 6.45) is 1.21. The molecule has 0 aliphatic heterocycles. The van der Waals surface area contributed by atoms with Crippen molar-refractivity contribution < 1.29 is 14.3 Å². The molecule has 0 bridgehead atoms. The van der Waals surface area contributed by atoms with Gasteiger partial charge in [-0.15, -0.1) is 0 Å². The van der Waals surface area contributed by atoms with Gasteiger partial charge in [-0.25, -0.2) is 18.7 Å².